The van der Waals surface area contributed by atoms with Crippen LogP contribution in [0.1, 0.15) is 5.56 Å². The molecule has 3 nitrogen and oxygen atoms in total. The third kappa shape index (κ3) is 1.79. The zero-order chi connectivity index (χ0) is 10.2. The van der Waals surface area contributed by atoms with Crippen LogP contribution in [0.5, 0.6) is 0 Å². The Balaban J connectivity index is 3.29. The van der Waals surface area contributed by atoms with Crippen LogP contribution in [0.2, 0.25) is 0 Å². The van der Waals surface area contributed by atoms with Crippen molar-refractivity contribution in [2.45, 2.75) is 6.18 Å². The number of alkyl halides is 3. The Kier molecular flexibility index (Phi) is 2.02. The maximum absolute atomic E-state index is 12.6. The summed E-state index contributed by atoms with van der Waals surface area (Å²) in [5, 5.41) is 0. The van der Waals surface area contributed by atoms with E-state index in [0.717, 1.165) is 0 Å². The monoisotopic (exact) mass is 196 g/mol. The second-order valence-electron chi connectivity index (χ2n) is 2.37. The van der Waals surface area contributed by atoms with E-state index in [4.69, 9.17) is 11.6 Å². The molecule has 1 aromatic rings. The number of nitrogens with two attached hydrogens (primary N) is 2. The van der Waals surface area contributed by atoms with Gasteiger partial charge in [0.15, 0.2) is 0 Å². The molecular weight excluding hydrogens is 190 g/mol. The first kappa shape index (κ1) is 9.56. The van der Waals surface area contributed by atoms with Crippen LogP contribution in [0, 0.1) is 5.82 Å². The minimum Gasteiger partial charge on any atom is -0.283 e. The zero-order valence-electron chi connectivity index (χ0n) is 6.27. The lowest BCUT2D eigenvalue weighted by molar-refractivity contribution is -0.626. The smallest absolute Gasteiger partial charge is 0.283 e. The molecule has 0 aliphatic rings. The lowest BCUT2D eigenvalue weighted by atomic mass is 10.2. The molecule has 0 saturated carbocycles. The Morgan fingerprint density at radius 3 is 2.23 bits per heavy atom. The standard InChI is InChI=1S/C6H5F4N3/c7-4-1-3(6(8,9)10)2-13(12)5(4)11/h1-2,11H,12H2/p+1. The minimum atomic E-state index is -4.63. The molecule has 1 aromatic heterocycles. The molecule has 0 spiro atoms. The number of aromatic nitrogens is 1. The molecule has 0 saturated heterocycles. The summed E-state index contributed by atoms with van der Waals surface area (Å²) in [5.74, 6) is 3.22. The Bertz CT molecular complexity index is 310. The first-order chi connectivity index (χ1) is 5.82. The van der Waals surface area contributed by atoms with E-state index < -0.39 is 23.4 Å². The van der Waals surface area contributed by atoms with Gasteiger partial charge in [0, 0.05) is 0 Å². The summed E-state index contributed by atoms with van der Waals surface area (Å²) >= 11 is 0. The summed E-state index contributed by atoms with van der Waals surface area (Å²) in [7, 11) is 0. The Labute approximate surface area is 70.5 Å². The van der Waals surface area contributed by atoms with Crippen LogP contribution < -0.4 is 16.3 Å². The number of hydrogen-bond acceptors (Lipinski definition) is 2. The van der Waals surface area contributed by atoms with Gasteiger partial charge in [-0.15, -0.1) is 4.68 Å². The van der Waals surface area contributed by atoms with Crippen molar-refractivity contribution < 1.29 is 22.2 Å². The van der Waals surface area contributed by atoms with Crippen LogP contribution in [0.15, 0.2) is 12.3 Å². The van der Waals surface area contributed by atoms with Gasteiger partial charge in [0.1, 0.15) is 11.8 Å². The molecule has 0 aromatic carbocycles. The largest absolute Gasteiger partial charge is 0.420 e. The Hall–Kier alpha value is -1.53. The number of halogens is 4. The minimum absolute atomic E-state index is 0.290. The molecule has 0 atom stereocenters. The van der Waals surface area contributed by atoms with E-state index in [1.165, 1.54) is 0 Å². The van der Waals surface area contributed by atoms with E-state index in [0.29, 0.717) is 16.9 Å². The molecule has 0 aliphatic heterocycles. The van der Waals surface area contributed by atoms with Crippen molar-refractivity contribution in [3.05, 3.63) is 23.6 Å². The predicted molar refractivity (Wildman–Crippen MR) is 36.2 cm³/mol. The highest BCUT2D eigenvalue weighted by atomic mass is 19.4. The maximum atomic E-state index is 12.6. The highest BCUT2D eigenvalue weighted by molar-refractivity contribution is 5.27. The second kappa shape index (κ2) is 2.75. The number of pyridine rings is 1. The van der Waals surface area contributed by atoms with E-state index in [1.54, 1.807) is 0 Å². The SMILES string of the molecule is Nc1c(F)cc(C(F)(F)F)c[n+]1N. The van der Waals surface area contributed by atoms with Crippen molar-refractivity contribution in [1.29, 1.82) is 0 Å². The summed E-state index contributed by atoms with van der Waals surface area (Å²) < 4.78 is 49.0. The third-order valence-electron chi connectivity index (χ3n) is 1.41. The van der Waals surface area contributed by atoms with E-state index >= 15 is 0 Å². The van der Waals surface area contributed by atoms with Crippen molar-refractivity contribution in [2.24, 2.45) is 0 Å². The summed E-state index contributed by atoms with van der Waals surface area (Å²) in [5.41, 5.74) is 3.81. The van der Waals surface area contributed by atoms with Gasteiger partial charge in [-0.25, -0.2) is 0 Å². The fourth-order valence-electron chi connectivity index (χ4n) is 0.745. The molecule has 0 amide bonds. The van der Waals surface area contributed by atoms with E-state index in [-0.39, 0.29) is 0 Å². The molecule has 0 unspecified atom stereocenters. The van der Waals surface area contributed by atoms with Crippen LogP contribution >= 0.6 is 0 Å². The number of rotatable bonds is 0. The third-order valence-corrected chi connectivity index (χ3v) is 1.41. The van der Waals surface area contributed by atoms with Gasteiger partial charge < -0.3 is 0 Å². The lowest BCUT2D eigenvalue weighted by Crippen LogP contribution is -2.48. The molecule has 13 heavy (non-hydrogen) atoms. The van der Waals surface area contributed by atoms with Gasteiger partial charge in [-0.05, 0) is 6.07 Å². The molecule has 4 N–H and O–H groups in total. The summed E-state index contributed by atoms with van der Waals surface area (Å²) in [6.45, 7) is 0. The van der Waals surface area contributed by atoms with Crippen molar-refractivity contribution in [3.63, 3.8) is 0 Å². The second-order valence-corrected chi connectivity index (χ2v) is 2.37. The van der Waals surface area contributed by atoms with Crippen LogP contribution in [0.25, 0.3) is 0 Å². The molecule has 72 valence electrons. The Morgan fingerprint density at radius 2 is 1.85 bits per heavy atom. The first-order valence-electron chi connectivity index (χ1n) is 3.15. The summed E-state index contributed by atoms with van der Waals surface area (Å²) in [6.07, 6.45) is -4.12. The van der Waals surface area contributed by atoms with Crippen molar-refractivity contribution in [1.82, 2.24) is 0 Å². The molecule has 1 heterocycles. The van der Waals surface area contributed by atoms with Crippen LogP contribution in [-0.2, 0) is 6.18 Å². The van der Waals surface area contributed by atoms with Crippen LogP contribution in [0.3, 0.4) is 0 Å². The first-order valence-corrected chi connectivity index (χ1v) is 3.15. The number of nitrogens with zero attached hydrogens (tertiary/aromatic N) is 1. The fraction of sp³-hybridized carbons (Fsp3) is 0.167. The van der Waals surface area contributed by atoms with Crippen molar-refractivity contribution in [3.8, 4) is 0 Å². The highest BCUT2D eigenvalue weighted by Crippen LogP contribution is 2.28. The zero-order valence-corrected chi connectivity index (χ0v) is 6.27. The van der Waals surface area contributed by atoms with E-state index in [9.17, 15) is 17.6 Å². The molecule has 1 rings (SSSR count). The quantitative estimate of drug-likeness (QED) is 0.359. The van der Waals surface area contributed by atoms with Gasteiger partial charge >= 0.3 is 12.0 Å². The van der Waals surface area contributed by atoms with Gasteiger partial charge in [-0.2, -0.15) is 17.6 Å². The molecule has 0 aliphatic carbocycles. The Morgan fingerprint density at radius 1 is 1.31 bits per heavy atom. The number of hydrogen-bond donors (Lipinski definition) is 2. The normalized spacial score (nSPS) is 11.7. The van der Waals surface area contributed by atoms with Gasteiger partial charge in [0.2, 0.25) is 5.82 Å². The van der Waals surface area contributed by atoms with Crippen LogP contribution in [-0.4, -0.2) is 0 Å². The molecular formula is C6H6F4N3+. The van der Waals surface area contributed by atoms with Gasteiger partial charge in [-0.3, -0.25) is 11.6 Å². The van der Waals surface area contributed by atoms with Crippen molar-refractivity contribution in [2.75, 3.05) is 11.6 Å². The topological polar surface area (TPSA) is 55.9 Å². The van der Waals surface area contributed by atoms with Gasteiger partial charge in [0.25, 0.3) is 0 Å². The average molecular weight is 196 g/mol. The number of anilines is 1. The maximum Gasteiger partial charge on any atom is 0.420 e. The van der Waals surface area contributed by atoms with Gasteiger partial charge in [0.05, 0.1) is 0 Å². The van der Waals surface area contributed by atoms with E-state index in [1.807, 2.05) is 0 Å². The number of nitrogen functional groups attached to an aromatic ring is 2. The average Bonchev–Trinajstić information content (AvgIpc) is 1.97. The van der Waals surface area contributed by atoms with Gasteiger partial charge in [-0.1, -0.05) is 0 Å². The molecule has 7 heteroatoms. The molecule has 0 bridgehead atoms. The van der Waals surface area contributed by atoms with Crippen molar-refractivity contribution >= 4 is 5.82 Å². The lowest BCUT2D eigenvalue weighted by Gasteiger charge is -2.06. The highest BCUT2D eigenvalue weighted by Gasteiger charge is 2.34. The molecule has 0 fully saturated rings. The summed E-state index contributed by atoms with van der Waals surface area (Å²) in [4.78, 5) is 0. The molecule has 0 radical (unpaired) electrons. The predicted octanol–water partition coefficient (Wildman–Crippen LogP) is 0.428. The van der Waals surface area contributed by atoms with Crippen LogP contribution in [0.4, 0.5) is 23.4 Å². The fourth-order valence-corrected chi connectivity index (χ4v) is 0.745. The van der Waals surface area contributed by atoms with E-state index in [2.05, 4.69) is 0 Å². The summed E-state index contributed by atoms with van der Waals surface area (Å²) in [6, 6.07) is 0.290.